The van der Waals surface area contributed by atoms with E-state index in [-0.39, 0.29) is 41.6 Å². The number of carboxylic acids is 1. The third-order valence-corrected chi connectivity index (χ3v) is 6.71. The minimum Gasteiger partial charge on any atom is -0.490 e. The van der Waals surface area contributed by atoms with Crippen molar-refractivity contribution in [2.24, 2.45) is 0 Å². The molecule has 0 aliphatic heterocycles. The first-order valence-electron chi connectivity index (χ1n) is 13.2. The van der Waals surface area contributed by atoms with E-state index in [1.807, 2.05) is 12.1 Å². The molecular formula is C30H29N5O6. The number of amides is 2. The number of rotatable bonds is 10. The topological polar surface area (TPSA) is 156 Å². The van der Waals surface area contributed by atoms with Crippen molar-refractivity contribution in [3.63, 3.8) is 0 Å². The number of ether oxygens (including phenoxy) is 2. The number of aromatic amines is 1. The highest BCUT2D eigenvalue weighted by Crippen LogP contribution is 2.27. The lowest BCUT2D eigenvalue weighted by molar-refractivity contribution is -0.115. The lowest BCUT2D eigenvalue weighted by atomic mass is 9.92. The standard InChI is InChI=1S/C30H29N5O6/c36-27(35-26-4-2-1-3-25(26)30(38)39)15-19-5-14-28(31-16-19)41-24-12-10-23(11-13-24)40-22-8-6-21(7-9-22)34-29(37)20-17-32-33-18-20/h1-5,10-14,16-18,21-22H,6-9,15H2,(H,32,33)(H,34,37)(H,35,36)(H,38,39). The Labute approximate surface area is 235 Å². The van der Waals surface area contributed by atoms with Gasteiger partial charge < -0.3 is 25.2 Å². The molecule has 0 saturated heterocycles. The third kappa shape index (κ3) is 7.47. The maximum absolute atomic E-state index is 12.4. The normalized spacial score (nSPS) is 16.4. The molecule has 5 rings (SSSR count). The first-order chi connectivity index (χ1) is 19.9. The van der Waals surface area contributed by atoms with Crippen molar-refractivity contribution in [3.8, 4) is 17.4 Å². The number of carbonyl (C=O) groups is 3. The second-order valence-corrected chi connectivity index (χ2v) is 9.71. The van der Waals surface area contributed by atoms with Gasteiger partial charge in [0.1, 0.15) is 11.5 Å². The molecule has 11 heteroatoms. The Morgan fingerprint density at radius 2 is 1.68 bits per heavy atom. The smallest absolute Gasteiger partial charge is 0.337 e. The highest BCUT2D eigenvalue weighted by atomic mass is 16.5. The van der Waals surface area contributed by atoms with Gasteiger partial charge in [-0.15, -0.1) is 0 Å². The largest absolute Gasteiger partial charge is 0.490 e. The van der Waals surface area contributed by atoms with Gasteiger partial charge in [-0.1, -0.05) is 18.2 Å². The second kappa shape index (κ2) is 12.8. The summed E-state index contributed by atoms with van der Waals surface area (Å²) in [6.45, 7) is 0. The predicted molar refractivity (Wildman–Crippen MR) is 149 cm³/mol. The Bertz CT molecular complexity index is 1480. The van der Waals surface area contributed by atoms with E-state index in [1.165, 1.54) is 12.3 Å². The molecule has 2 amide bonds. The van der Waals surface area contributed by atoms with Gasteiger partial charge in [-0.3, -0.25) is 14.7 Å². The number of carboxylic acid groups (broad SMARTS) is 1. The van der Waals surface area contributed by atoms with Crippen LogP contribution in [0.1, 0.15) is 52.0 Å². The molecule has 2 aromatic heterocycles. The van der Waals surface area contributed by atoms with Crippen LogP contribution in [0.25, 0.3) is 0 Å². The van der Waals surface area contributed by atoms with Crippen LogP contribution in [0.4, 0.5) is 5.69 Å². The molecule has 210 valence electrons. The van der Waals surface area contributed by atoms with Crippen molar-refractivity contribution < 1.29 is 29.0 Å². The van der Waals surface area contributed by atoms with Crippen molar-refractivity contribution in [2.45, 2.75) is 44.2 Å². The number of aromatic carboxylic acids is 1. The van der Waals surface area contributed by atoms with Gasteiger partial charge in [-0.2, -0.15) is 5.10 Å². The van der Waals surface area contributed by atoms with Crippen LogP contribution in [0.2, 0.25) is 0 Å². The number of hydrogen-bond acceptors (Lipinski definition) is 7. The molecule has 0 atom stereocenters. The molecule has 0 spiro atoms. The molecule has 4 aromatic rings. The molecule has 1 aliphatic carbocycles. The maximum atomic E-state index is 12.4. The summed E-state index contributed by atoms with van der Waals surface area (Å²) in [4.78, 5) is 40.2. The Hall–Kier alpha value is -5.19. The zero-order valence-corrected chi connectivity index (χ0v) is 22.1. The average molecular weight is 556 g/mol. The highest BCUT2D eigenvalue weighted by Gasteiger charge is 2.24. The van der Waals surface area contributed by atoms with Gasteiger partial charge in [-0.25, -0.2) is 9.78 Å². The van der Waals surface area contributed by atoms with Crippen molar-refractivity contribution in [1.82, 2.24) is 20.5 Å². The van der Waals surface area contributed by atoms with Gasteiger partial charge in [0.25, 0.3) is 5.91 Å². The van der Waals surface area contributed by atoms with Gasteiger partial charge >= 0.3 is 5.97 Å². The predicted octanol–water partition coefficient (Wildman–Crippen LogP) is 4.60. The number of nitrogens with zero attached hydrogens (tertiary/aromatic N) is 2. The summed E-state index contributed by atoms with van der Waals surface area (Å²) in [6.07, 6.45) is 8.12. The molecule has 2 heterocycles. The van der Waals surface area contributed by atoms with E-state index in [1.54, 1.807) is 54.9 Å². The summed E-state index contributed by atoms with van der Waals surface area (Å²) in [6, 6.07) is 17.0. The van der Waals surface area contributed by atoms with Gasteiger partial charge in [0.15, 0.2) is 0 Å². The van der Waals surface area contributed by atoms with E-state index in [0.29, 0.717) is 22.8 Å². The van der Waals surface area contributed by atoms with Crippen LogP contribution in [-0.4, -0.2) is 50.2 Å². The van der Waals surface area contributed by atoms with Gasteiger partial charge in [-0.05, 0) is 67.6 Å². The molecule has 41 heavy (non-hydrogen) atoms. The molecule has 11 nitrogen and oxygen atoms in total. The fourth-order valence-corrected chi connectivity index (χ4v) is 4.60. The lowest BCUT2D eigenvalue weighted by Gasteiger charge is -2.29. The van der Waals surface area contributed by atoms with E-state index in [0.717, 1.165) is 31.4 Å². The van der Waals surface area contributed by atoms with Gasteiger partial charge in [0, 0.05) is 24.5 Å². The van der Waals surface area contributed by atoms with Crippen LogP contribution in [-0.2, 0) is 11.2 Å². The van der Waals surface area contributed by atoms with E-state index < -0.39 is 5.97 Å². The minimum atomic E-state index is -1.11. The van der Waals surface area contributed by atoms with Crippen LogP contribution in [0, 0.1) is 0 Å². The van der Waals surface area contributed by atoms with Crippen LogP contribution < -0.4 is 20.1 Å². The molecule has 1 aliphatic rings. The number of benzene rings is 2. The lowest BCUT2D eigenvalue weighted by Crippen LogP contribution is -2.39. The van der Waals surface area contributed by atoms with Crippen LogP contribution in [0.15, 0.2) is 79.3 Å². The number of anilines is 1. The van der Waals surface area contributed by atoms with Gasteiger partial charge in [0.2, 0.25) is 11.8 Å². The average Bonchev–Trinajstić information content (AvgIpc) is 3.52. The molecule has 2 aromatic carbocycles. The number of aromatic nitrogens is 3. The molecular weight excluding hydrogens is 526 g/mol. The molecule has 0 bridgehead atoms. The van der Waals surface area contributed by atoms with Crippen LogP contribution in [0.5, 0.6) is 17.4 Å². The van der Waals surface area contributed by atoms with E-state index in [4.69, 9.17) is 9.47 Å². The maximum Gasteiger partial charge on any atom is 0.337 e. The summed E-state index contributed by atoms with van der Waals surface area (Å²) in [5, 5.41) is 21.4. The van der Waals surface area contributed by atoms with Crippen LogP contribution >= 0.6 is 0 Å². The van der Waals surface area contributed by atoms with Crippen molar-refractivity contribution in [2.75, 3.05) is 5.32 Å². The Kier molecular flexibility index (Phi) is 8.53. The minimum absolute atomic E-state index is 0.0267. The van der Waals surface area contributed by atoms with Gasteiger partial charge in [0.05, 0.1) is 35.5 Å². The molecule has 1 saturated carbocycles. The quantitative estimate of drug-likeness (QED) is 0.221. The number of nitrogens with one attached hydrogen (secondary N) is 3. The van der Waals surface area contributed by atoms with E-state index in [9.17, 15) is 19.5 Å². The number of pyridine rings is 1. The molecule has 1 fully saturated rings. The number of H-pyrrole nitrogens is 1. The summed E-state index contributed by atoms with van der Waals surface area (Å²) >= 11 is 0. The Balaban J connectivity index is 1.06. The zero-order chi connectivity index (χ0) is 28.6. The summed E-state index contributed by atoms with van der Waals surface area (Å²) in [7, 11) is 0. The SMILES string of the molecule is O=C(Cc1ccc(Oc2ccc(OC3CCC(NC(=O)c4cn[nH]c4)CC3)cc2)nc1)Nc1ccccc1C(=O)O. The number of para-hydroxylation sites is 1. The fourth-order valence-electron chi connectivity index (χ4n) is 4.60. The molecule has 0 unspecified atom stereocenters. The second-order valence-electron chi connectivity index (χ2n) is 9.71. The Morgan fingerprint density at radius 3 is 2.37 bits per heavy atom. The zero-order valence-electron chi connectivity index (χ0n) is 22.1. The Morgan fingerprint density at radius 1 is 0.927 bits per heavy atom. The van der Waals surface area contributed by atoms with Crippen molar-refractivity contribution in [3.05, 3.63) is 95.9 Å². The number of carbonyl (C=O) groups excluding carboxylic acids is 2. The summed E-state index contributed by atoms with van der Waals surface area (Å²) in [5.41, 5.74) is 1.45. The van der Waals surface area contributed by atoms with Crippen LogP contribution in [0.3, 0.4) is 0 Å². The monoisotopic (exact) mass is 555 g/mol. The first kappa shape index (κ1) is 27.4. The fraction of sp³-hybridized carbons (Fsp3) is 0.233. The van der Waals surface area contributed by atoms with Crippen molar-refractivity contribution >= 4 is 23.5 Å². The summed E-state index contributed by atoms with van der Waals surface area (Å²) < 4.78 is 12.0. The number of hydrogen-bond donors (Lipinski definition) is 4. The summed E-state index contributed by atoms with van der Waals surface area (Å²) in [5.74, 6) is 0.119. The third-order valence-electron chi connectivity index (χ3n) is 6.71. The highest BCUT2D eigenvalue weighted by molar-refractivity contribution is 6.01. The van der Waals surface area contributed by atoms with Crippen molar-refractivity contribution in [1.29, 1.82) is 0 Å². The first-order valence-corrected chi connectivity index (χ1v) is 13.2. The molecule has 0 radical (unpaired) electrons. The molecule has 4 N–H and O–H groups in total. The van der Waals surface area contributed by atoms with E-state index in [2.05, 4.69) is 25.8 Å². The van der Waals surface area contributed by atoms with E-state index >= 15 is 0 Å².